The van der Waals surface area contributed by atoms with E-state index < -0.39 is 11.7 Å². The molecule has 2 aromatic rings. The zero-order valence-electron chi connectivity index (χ0n) is 11.2. The fourth-order valence-electron chi connectivity index (χ4n) is 2.11. The monoisotopic (exact) mass is 282 g/mol. The molecule has 1 atom stereocenters. The fourth-order valence-corrected chi connectivity index (χ4v) is 2.11. The summed E-state index contributed by atoms with van der Waals surface area (Å²) in [6, 6.07) is 9.21. The maximum absolute atomic E-state index is 12.5. The van der Waals surface area contributed by atoms with Gasteiger partial charge in [-0.2, -0.15) is 13.2 Å². The summed E-state index contributed by atoms with van der Waals surface area (Å²) in [6.07, 6.45) is -1.63. The smallest absolute Gasteiger partial charge is 0.347 e. The second kappa shape index (κ2) is 5.71. The number of hydrogen-bond donors (Lipinski definition) is 1. The van der Waals surface area contributed by atoms with Gasteiger partial charge in [0.1, 0.15) is 0 Å². The lowest BCUT2D eigenvalue weighted by molar-refractivity contribution is -0.137. The van der Waals surface area contributed by atoms with Crippen molar-refractivity contribution in [1.82, 2.24) is 4.57 Å². The summed E-state index contributed by atoms with van der Waals surface area (Å²) in [7, 11) is 0. The van der Waals surface area contributed by atoms with Gasteiger partial charge in [0, 0.05) is 30.9 Å². The van der Waals surface area contributed by atoms with E-state index in [-0.39, 0.29) is 6.04 Å². The molecule has 108 valence electrons. The number of alkyl halides is 3. The first kappa shape index (κ1) is 14.7. The van der Waals surface area contributed by atoms with Gasteiger partial charge >= 0.3 is 6.18 Å². The molecule has 0 aliphatic heterocycles. The van der Waals surface area contributed by atoms with Crippen molar-refractivity contribution in [3.05, 3.63) is 59.4 Å². The van der Waals surface area contributed by atoms with Crippen molar-refractivity contribution in [2.75, 3.05) is 0 Å². The molecule has 1 heterocycles. The molecule has 2 N–H and O–H groups in total. The molecule has 0 aliphatic carbocycles. The van der Waals surface area contributed by atoms with E-state index in [1.54, 1.807) is 0 Å². The number of nitrogens with zero attached hydrogens (tertiary/aromatic N) is 1. The van der Waals surface area contributed by atoms with Crippen LogP contribution in [0.5, 0.6) is 0 Å². The van der Waals surface area contributed by atoms with Crippen molar-refractivity contribution >= 4 is 0 Å². The van der Waals surface area contributed by atoms with Crippen molar-refractivity contribution < 1.29 is 13.2 Å². The predicted molar refractivity (Wildman–Crippen MR) is 72.3 cm³/mol. The van der Waals surface area contributed by atoms with Crippen LogP contribution < -0.4 is 5.73 Å². The Balaban J connectivity index is 2.13. The van der Waals surface area contributed by atoms with Gasteiger partial charge in [-0.25, -0.2) is 0 Å². The number of hydrogen-bond acceptors (Lipinski definition) is 1. The quantitative estimate of drug-likeness (QED) is 0.915. The SMILES string of the molecule is CC(N)Cc1cccn1Cc1ccc(C(F)(F)F)cc1. The molecule has 5 heteroatoms. The van der Waals surface area contributed by atoms with Gasteiger partial charge in [-0.1, -0.05) is 12.1 Å². The van der Waals surface area contributed by atoms with Crippen LogP contribution in [0.15, 0.2) is 42.6 Å². The molecule has 0 amide bonds. The van der Waals surface area contributed by atoms with Gasteiger partial charge in [-0.3, -0.25) is 0 Å². The third kappa shape index (κ3) is 3.63. The van der Waals surface area contributed by atoms with Crippen LogP contribution in [0.1, 0.15) is 23.7 Å². The Labute approximate surface area is 116 Å². The third-order valence-electron chi connectivity index (χ3n) is 3.09. The van der Waals surface area contributed by atoms with E-state index in [2.05, 4.69) is 0 Å². The molecule has 0 aliphatic rings. The highest BCUT2D eigenvalue weighted by atomic mass is 19.4. The van der Waals surface area contributed by atoms with Crippen LogP contribution in [0.3, 0.4) is 0 Å². The molecule has 1 aromatic carbocycles. The highest BCUT2D eigenvalue weighted by molar-refractivity contribution is 5.25. The van der Waals surface area contributed by atoms with Crippen molar-refractivity contribution in [3.8, 4) is 0 Å². The minimum Gasteiger partial charge on any atom is -0.347 e. The van der Waals surface area contributed by atoms with E-state index in [1.807, 2.05) is 29.8 Å². The lowest BCUT2D eigenvalue weighted by Gasteiger charge is -2.12. The average Bonchev–Trinajstić information content (AvgIpc) is 2.75. The van der Waals surface area contributed by atoms with E-state index in [0.717, 1.165) is 29.8 Å². The molecule has 1 aromatic heterocycles. The zero-order valence-corrected chi connectivity index (χ0v) is 11.2. The van der Waals surface area contributed by atoms with Crippen molar-refractivity contribution in [1.29, 1.82) is 0 Å². The van der Waals surface area contributed by atoms with Gasteiger partial charge in [-0.15, -0.1) is 0 Å². The van der Waals surface area contributed by atoms with E-state index in [1.165, 1.54) is 12.1 Å². The number of rotatable bonds is 4. The fraction of sp³-hybridized carbons (Fsp3) is 0.333. The topological polar surface area (TPSA) is 30.9 Å². The van der Waals surface area contributed by atoms with E-state index in [9.17, 15) is 13.2 Å². The van der Waals surface area contributed by atoms with Crippen molar-refractivity contribution in [2.24, 2.45) is 5.73 Å². The Morgan fingerprint density at radius 2 is 1.80 bits per heavy atom. The van der Waals surface area contributed by atoms with E-state index in [4.69, 9.17) is 5.73 Å². The molecule has 0 fully saturated rings. The normalized spacial score (nSPS) is 13.4. The maximum Gasteiger partial charge on any atom is 0.416 e. The Hall–Kier alpha value is -1.75. The standard InChI is InChI=1S/C15H17F3N2/c1-11(19)9-14-3-2-8-20(14)10-12-4-6-13(7-5-12)15(16,17)18/h2-8,11H,9-10,19H2,1H3. The summed E-state index contributed by atoms with van der Waals surface area (Å²) in [5.74, 6) is 0. The predicted octanol–water partition coefficient (Wildman–Crippen LogP) is 3.44. The molecule has 1 unspecified atom stereocenters. The van der Waals surface area contributed by atoms with Crippen LogP contribution in [0, 0.1) is 0 Å². The molecule has 2 rings (SSSR count). The minimum atomic E-state index is -4.29. The Morgan fingerprint density at radius 3 is 2.35 bits per heavy atom. The first-order valence-electron chi connectivity index (χ1n) is 6.42. The molecular weight excluding hydrogens is 265 g/mol. The molecule has 0 radical (unpaired) electrons. The zero-order chi connectivity index (χ0) is 14.8. The molecule has 2 nitrogen and oxygen atoms in total. The highest BCUT2D eigenvalue weighted by Crippen LogP contribution is 2.29. The third-order valence-corrected chi connectivity index (χ3v) is 3.09. The van der Waals surface area contributed by atoms with Gasteiger partial charge in [-0.05, 0) is 36.8 Å². The number of benzene rings is 1. The van der Waals surface area contributed by atoms with Gasteiger partial charge < -0.3 is 10.3 Å². The minimum absolute atomic E-state index is 0.0521. The van der Waals surface area contributed by atoms with Gasteiger partial charge in [0.2, 0.25) is 0 Å². The number of nitrogens with two attached hydrogens (primary N) is 1. The van der Waals surface area contributed by atoms with Gasteiger partial charge in [0.15, 0.2) is 0 Å². The van der Waals surface area contributed by atoms with Crippen molar-refractivity contribution in [3.63, 3.8) is 0 Å². The largest absolute Gasteiger partial charge is 0.416 e. The summed E-state index contributed by atoms with van der Waals surface area (Å²) in [6.45, 7) is 2.47. The lowest BCUT2D eigenvalue weighted by atomic mass is 10.1. The summed E-state index contributed by atoms with van der Waals surface area (Å²) in [5, 5.41) is 0. The van der Waals surface area contributed by atoms with Crippen LogP contribution in [0.25, 0.3) is 0 Å². The van der Waals surface area contributed by atoms with E-state index >= 15 is 0 Å². The Bertz CT molecular complexity index is 553. The second-order valence-electron chi connectivity index (χ2n) is 5.00. The van der Waals surface area contributed by atoms with Crippen LogP contribution in [-0.4, -0.2) is 10.6 Å². The van der Waals surface area contributed by atoms with E-state index in [0.29, 0.717) is 6.54 Å². The Kier molecular flexibility index (Phi) is 4.18. The second-order valence-corrected chi connectivity index (χ2v) is 5.00. The first-order chi connectivity index (χ1) is 9.36. The lowest BCUT2D eigenvalue weighted by Crippen LogP contribution is -2.20. The summed E-state index contributed by atoms with van der Waals surface area (Å²) in [5.41, 5.74) is 7.07. The van der Waals surface area contributed by atoms with Crippen molar-refractivity contribution in [2.45, 2.75) is 32.1 Å². The molecule has 20 heavy (non-hydrogen) atoms. The summed E-state index contributed by atoms with van der Waals surface area (Å²) in [4.78, 5) is 0. The average molecular weight is 282 g/mol. The highest BCUT2D eigenvalue weighted by Gasteiger charge is 2.29. The van der Waals surface area contributed by atoms with Crippen LogP contribution in [0.4, 0.5) is 13.2 Å². The molecular formula is C15H17F3N2. The molecule has 0 bridgehead atoms. The number of aromatic nitrogens is 1. The van der Waals surface area contributed by atoms with Crippen LogP contribution >= 0.6 is 0 Å². The molecule has 0 spiro atoms. The Morgan fingerprint density at radius 1 is 1.15 bits per heavy atom. The molecule has 0 saturated carbocycles. The first-order valence-corrected chi connectivity index (χ1v) is 6.42. The number of halogens is 3. The molecule has 0 saturated heterocycles. The van der Waals surface area contributed by atoms with Crippen LogP contribution in [-0.2, 0) is 19.1 Å². The summed E-state index contributed by atoms with van der Waals surface area (Å²) < 4.78 is 39.5. The summed E-state index contributed by atoms with van der Waals surface area (Å²) >= 11 is 0. The van der Waals surface area contributed by atoms with Gasteiger partial charge in [0.05, 0.1) is 5.56 Å². The van der Waals surface area contributed by atoms with Crippen LogP contribution in [0.2, 0.25) is 0 Å². The maximum atomic E-state index is 12.5. The van der Waals surface area contributed by atoms with Gasteiger partial charge in [0.25, 0.3) is 0 Å².